The molecule has 1 fully saturated rings. The summed E-state index contributed by atoms with van der Waals surface area (Å²) in [5.74, 6) is 1.57. The van der Waals surface area contributed by atoms with Gasteiger partial charge in [-0.25, -0.2) is 0 Å². The summed E-state index contributed by atoms with van der Waals surface area (Å²) in [5.41, 5.74) is 0. The molecule has 1 aliphatic heterocycles. The zero-order chi connectivity index (χ0) is 9.10. The van der Waals surface area contributed by atoms with Gasteiger partial charge < -0.3 is 9.84 Å². The molecule has 0 spiro atoms. The summed E-state index contributed by atoms with van der Waals surface area (Å²) in [4.78, 5) is 4.31. The first-order chi connectivity index (χ1) is 6.40. The normalized spacial score (nSPS) is 21.6. The Hall–Kier alpha value is -0.610. The lowest BCUT2D eigenvalue weighted by molar-refractivity contribution is 0.350. The van der Waals surface area contributed by atoms with E-state index >= 15 is 0 Å². The maximum atomic E-state index is 5.07. The van der Waals surface area contributed by atoms with E-state index in [0.29, 0.717) is 6.04 Å². The lowest BCUT2D eigenvalue weighted by Crippen LogP contribution is -2.27. The second-order valence-electron chi connectivity index (χ2n) is 3.40. The number of halogens is 1. The Balaban J connectivity index is 0.000000980. The summed E-state index contributed by atoms with van der Waals surface area (Å²) in [5, 5.41) is 7.35. The Morgan fingerprint density at radius 2 is 2.36 bits per heavy atom. The first-order valence-corrected chi connectivity index (χ1v) is 4.96. The Kier molecular flexibility index (Phi) is 4.35. The summed E-state index contributed by atoms with van der Waals surface area (Å²) < 4.78 is 5.07. The molecule has 0 bridgehead atoms. The van der Waals surface area contributed by atoms with Crippen molar-refractivity contribution in [2.24, 2.45) is 0 Å². The molecule has 0 amide bonds. The van der Waals surface area contributed by atoms with Crippen LogP contribution in [0.5, 0.6) is 0 Å². The van der Waals surface area contributed by atoms with Crippen molar-refractivity contribution in [2.45, 2.75) is 38.6 Å². The van der Waals surface area contributed by atoms with E-state index in [0.717, 1.165) is 31.1 Å². The Morgan fingerprint density at radius 3 is 2.93 bits per heavy atom. The van der Waals surface area contributed by atoms with Gasteiger partial charge in [0, 0.05) is 6.42 Å². The van der Waals surface area contributed by atoms with Crippen molar-refractivity contribution in [3.63, 3.8) is 0 Å². The molecule has 14 heavy (non-hydrogen) atoms. The summed E-state index contributed by atoms with van der Waals surface area (Å²) in [6.45, 7) is 3.09. The van der Waals surface area contributed by atoms with Crippen molar-refractivity contribution in [2.75, 3.05) is 6.54 Å². The second-order valence-corrected chi connectivity index (χ2v) is 3.40. The van der Waals surface area contributed by atoms with Gasteiger partial charge in [-0.05, 0) is 19.4 Å². The van der Waals surface area contributed by atoms with E-state index in [1.165, 1.54) is 12.8 Å². The van der Waals surface area contributed by atoms with Crippen LogP contribution in [0.2, 0.25) is 0 Å². The average Bonchev–Trinajstić information content (AvgIpc) is 2.67. The topological polar surface area (TPSA) is 51.0 Å². The van der Waals surface area contributed by atoms with Gasteiger partial charge in [0.25, 0.3) is 0 Å². The maximum Gasteiger partial charge on any atom is 0.226 e. The molecule has 1 unspecified atom stereocenters. The molecule has 2 heterocycles. The molecule has 2 rings (SSSR count). The van der Waals surface area contributed by atoms with E-state index in [1.54, 1.807) is 0 Å². The van der Waals surface area contributed by atoms with Crippen molar-refractivity contribution >= 4 is 12.4 Å². The maximum absolute atomic E-state index is 5.07. The first-order valence-electron chi connectivity index (χ1n) is 4.96. The van der Waals surface area contributed by atoms with Crippen LogP contribution in [-0.4, -0.2) is 16.7 Å². The Labute approximate surface area is 89.9 Å². The van der Waals surface area contributed by atoms with Crippen molar-refractivity contribution < 1.29 is 4.52 Å². The Bertz CT molecular complexity index is 271. The monoisotopic (exact) mass is 217 g/mol. The molecular formula is C9H16ClN3O. The molecule has 80 valence electrons. The number of aryl methyl sites for hydroxylation is 1. The zero-order valence-electron chi connectivity index (χ0n) is 8.32. The van der Waals surface area contributed by atoms with Gasteiger partial charge in [-0.15, -0.1) is 12.4 Å². The van der Waals surface area contributed by atoms with Crippen LogP contribution in [0.15, 0.2) is 4.52 Å². The van der Waals surface area contributed by atoms with E-state index in [9.17, 15) is 0 Å². The molecular weight excluding hydrogens is 202 g/mol. The summed E-state index contributed by atoms with van der Waals surface area (Å²) in [6, 6.07) is 0.317. The smallest absolute Gasteiger partial charge is 0.226 e. The van der Waals surface area contributed by atoms with Crippen molar-refractivity contribution in [1.82, 2.24) is 15.5 Å². The molecule has 1 aromatic heterocycles. The largest absolute Gasteiger partial charge is 0.339 e. The van der Waals surface area contributed by atoms with Crippen LogP contribution in [0.25, 0.3) is 0 Å². The van der Waals surface area contributed by atoms with Gasteiger partial charge in [0.1, 0.15) is 0 Å². The summed E-state index contributed by atoms with van der Waals surface area (Å²) in [7, 11) is 0. The number of rotatable bonds is 2. The molecule has 1 aliphatic rings. The van der Waals surface area contributed by atoms with E-state index in [-0.39, 0.29) is 12.4 Å². The predicted octanol–water partition coefficient (Wildman–Crippen LogP) is 1.87. The molecule has 4 nitrogen and oxygen atoms in total. The highest BCUT2D eigenvalue weighted by molar-refractivity contribution is 5.85. The Morgan fingerprint density at radius 1 is 1.50 bits per heavy atom. The lowest BCUT2D eigenvalue weighted by Gasteiger charge is -2.19. The fourth-order valence-corrected chi connectivity index (χ4v) is 1.63. The van der Waals surface area contributed by atoms with E-state index in [4.69, 9.17) is 4.52 Å². The van der Waals surface area contributed by atoms with Crippen molar-refractivity contribution in [1.29, 1.82) is 0 Å². The fraction of sp³-hybridized carbons (Fsp3) is 0.778. The van der Waals surface area contributed by atoms with Crippen LogP contribution < -0.4 is 5.32 Å². The first kappa shape index (κ1) is 11.5. The van der Waals surface area contributed by atoms with E-state index in [1.807, 2.05) is 6.92 Å². The number of hydrogen-bond acceptors (Lipinski definition) is 4. The molecule has 0 aliphatic carbocycles. The van der Waals surface area contributed by atoms with Crippen LogP contribution in [0, 0.1) is 0 Å². The van der Waals surface area contributed by atoms with Gasteiger partial charge >= 0.3 is 0 Å². The fourth-order valence-electron chi connectivity index (χ4n) is 1.63. The average molecular weight is 218 g/mol. The van der Waals surface area contributed by atoms with Gasteiger partial charge in [-0.3, -0.25) is 0 Å². The number of nitrogens with zero attached hydrogens (tertiary/aromatic N) is 2. The minimum Gasteiger partial charge on any atom is -0.339 e. The van der Waals surface area contributed by atoms with Crippen LogP contribution in [-0.2, 0) is 6.42 Å². The summed E-state index contributed by atoms with van der Waals surface area (Å²) in [6.07, 6.45) is 4.46. The molecule has 1 aromatic rings. The quantitative estimate of drug-likeness (QED) is 0.822. The third-order valence-electron chi connectivity index (χ3n) is 2.41. The number of nitrogens with one attached hydrogen (secondary N) is 1. The molecule has 0 aromatic carbocycles. The van der Waals surface area contributed by atoms with Gasteiger partial charge in [-0.1, -0.05) is 18.5 Å². The standard InChI is InChI=1S/C9H15N3O.ClH/c1-2-8-11-9(12-13-8)7-5-3-4-6-10-7;/h7,10H,2-6H2,1H3;1H. The van der Waals surface area contributed by atoms with Crippen molar-refractivity contribution in [3.8, 4) is 0 Å². The predicted molar refractivity (Wildman–Crippen MR) is 55.5 cm³/mol. The van der Waals surface area contributed by atoms with Gasteiger partial charge in [0.2, 0.25) is 5.89 Å². The molecule has 0 saturated carbocycles. The SMILES string of the molecule is CCc1nc(C2CCCCN2)no1.Cl. The molecule has 5 heteroatoms. The number of hydrogen-bond donors (Lipinski definition) is 1. The van der Waals surface area contributed by atoms with Crippen LogP contribution >= 0.6 is 12.4 Å². The van der Waals surface area contributed by atoms with Crippen LogP contribution in [0.1, 0.15) is 43.9 Å². The molecule has 0 radical (unpaired) electrons. The number of aromatic nitrogens is 2. The van der Waals surface area contributed by atoms with Crippen molar-refractivity contribution in [3.05, 3.63) is 11.7 Å². The lowest BCUT2D eigenvalue weighted by atomic mass is 10.0. The minimum absolute atomic E-state index is 0. The number of piperidine rings is 1. The third kappa shape index (κ3) is 2.45. The highest BCUT2D eigenvalue weighted by atomic mass is 35.5. The minimum atomic E-state index is 0. The van der Waals surface area contributed by atoms with Gasteiger partial charge in [0.15, 0.2) is 5.82 Å². The molecule has 1 saturated heterocycles. The van der Waals surface area contributed by atoms with E-state index < -0.39 is 0 Å². The van der Waals surface area contributed by atoms with Gasteiger partial charge in [-0.2, -0.15) is 4.98 Å². The second kappa shape index (κ2) is 5.32. The third-order valence-corrected chi connectivity index (χ3v) is 2.41. The molecule has 1 N–H and O–H groups in total. The van der Waals surface area contributed by atoms with Gasteiger partial charge in [0.05, 0.1) is 6.04 Å². The zero-order valence-corrected chi connectivity index (χ0v) is 9.14. The molecule has 1 atom stereocenters. The van der Waals surface area contributed by atoms with E-state index in [2.05, 4.69) is 15.5 Å². The van der Waals surface area contributed by atoms with Crippen LogP contribution in [0.4, 0.5) is 0 Å². The highest BCUT2D eigenvalue weighted by Crippen LogP contribution is 2.20. The summed E-state index contributed by atoms with van der Waals surface area (Å²) >= 11 is 0. The van der Waals surface area contributed by atoms with Crippen LogP contribution in [0.3, 0.4) is 0 Å². The highest BCUT2D eigenvalue weighted by Gasteiger charge is 2.19.